The highest BCUT2D eigenvalue weighted by Crippen LogP contribution is 2.44. The van der Waals surface area contributed by atoms with E-state index in [4.69, 9.17) is 0 Å². The molecular weight excluding hydrogens is 388 g/mol. The molecule has 3 aromatic heterocycles. The molecule has 7 rings (SSSR count). The molecule has 0 fully saturated rings. The molecule has 0 bridgehead atoms. The predicted molar refractivity (Wildman–Crippen MR) is 139 cm³/mol. The number of para-hydroxylation sites is 3. The van der Waals surface area contributed by atoms with Crippen LogP contribution in [0.5, 0.6) is 0 Å². The lowest BCUT2D eigenvalue weighted by Gasteiger charge is -2.08. The maximum absolute atomic E-state index is 4.07. The van der Waals surface area contributed by atoms with Gasteiger partial charge in [0, 0.05) is 38.0 Å². The Labute approximate surface area is 184 Å². The third-order valence-electron chi connectivity index (χ3n) is 6.78. The lowest BCUT2D eigenvalue weighted by atomic mass is 10.0. The number of rotatable bonds is 3. The third-order valence-corrected chi connectivity index (χ3v) is 6.78. The molecule has 0 atom stereocenters. The molecule has 150 valence electrons. The van der Waals surface area contributed by atoms with Crippen molar-refractivity contribution in [2.24, 2.45) is 0 Å². The zero-order valence-electron chi connectivity index (χ0n) is 17.5. The Bertz CT molecular complexity index is 1910. The lowest BCUT2D eigenvalue weighted by Crippen LogP contribution is -1.93. The fraction of sp³-hybridized carbons (Fsp3) is 0. The summed E-state index contributed by atoms with van der Waals surface area (Å²) in [6, 6.07) is 28.6. The standard InChI is InChI=1S/C30H20N2/c1-3-10-19(4-2)31-25-16-8-6-12-22(25)28-26(31)17-18-27-29(28)23-14-9-13-21-20-11-5-7-15-24(20)32(27)30(21)23/h3-18H,1-2H2/b19-10+. The van der Waals surface area contributed by atoms with Crippen molar-refractivity contribution in [3.05, 3.63) is 110 Å². The van der Waals surface area contributed by atoms with E-state index in [1.54, 1.807) is 0 Å². The first-order valence-corrected chi connectivity index (χ1v) is 10.9. The van der Waals surface area contributed by atoms with Crippen molar-refractivity contribution < 1.29 is 0 Å². The topological polar surface area (TPSA) is 9.34 Å². The molecule has 0 aliphatic heterocycles. The first kappa shape index (κ1) is 17.4. The van der Waals surface area contributed by atoms with E-state index >= 15 is 0 Å². The van der Waals surface area contributed by atoms with E-state index in [-0.39, 0.29) is 0 Å². The van der Waals surface area contributed by atoms with Gasteiger partial charge in [0.1, 0.15) is 0 Å². The number of nitrogens with zero attached hydrogens (tertiary/aromatic N) is 2. The second-order valence-electron chi connectivity index (χ2n) is 8.29. The van der Waals surface area contributed by atoms with Crippen molar-refractivity contribution in [1.82, 2.24) is 8.97 Å². The van der Waals surface area contributed by atoms with Crippen molar-refractivity contribution >= 4 is 65.6 Å². The summed E-state index contributed by atoms with van der Waals surface area (Å²) in [4.78, 5) is 0. The first-order chi connectivity index (χ1) is 15.8. The quantitative estimate of drug-likeness (QED) is 0.261. The van der Waals surface area contributed by atoms with Crippen LogP contribution in [0.4, 0.5) is 0 Å². The average molecular weight is 409 g/mol. The molecule has 3 heterocycles. The van der Waals surface area contributed by atoms with Crippen molar-refractivity contribution in [3.8, 4) is 0 Å². The number of allylic oxidation sites excluding steroid dienone is 4. The maximum Gasteiger partial charge on any atom is 0.0620 e. The van der Waals surface area contributed by atoms with Gasteiger partial charge in [-0.15, -0.1) is 0 Å². The van der Waals surface area contributed by atoms with E-state index in [0.717, 1.165) is 5.70 Å². The highest BCUT2D eigenvalue weighted by Gasteiger charge is 2.21. The van der Waals surface area contributed by atoms with Gasteiger partial charge >= 0.3 is 0 Å². The Morgan fingerprint density at radius 3 is 2.06 bits per heavy atom. The normalized spacial score (nSPS) is 12.8. The molecule has 0 unspecified atom stereocenters. The molecule has 0 radical (unpaired) electrons. The minimum Gasteiger partial charge on any atom is -0.309 e. The monoisotopic (exact) mass is 408 g/mol. The van der Waals surface area contributed by atoms with Crippen molar-refractivity contribution in [2.45, 2.75) is 0 Å². The fourth-order valence-corrected chi connectivity index (χ4v) is 5.61. The molecular formula is C30H20N2. The fourth-order valence-electron chi connectivity index (χ4n) is 5.61. The number of aromatic nitrogens is 2. The van der Waals surface area contributed by atoms with Gasteiger partial charge in [0.05, 0.1) is 27.6 Å². The van der Waals surface area contributed by atoms with Crippen LogP contribution in [0.3, 0.4) is 0 Å². The van der Waals surface area contributed by atoms with Crippen LogP contribution >= 0.6 is 0 Å². The summed E-state index contributed by atoms with van der Waals surface area (Å²) in [6.07, 6.45) is 5.74. The zero-order valence-corrected chi connectivity index (χ0v) is 17.5. The van der Waals surface area contributed by atoms with E-state index in [0.29, 0.717) is 0 Å². The molecule has 0 spiro atoms. The van der Waals surface area contributed by atoms with Crippen LogP contribution in [0.25, 0.3) is 65.6 Å². The molecule has 0 saturated carbocycles. The summed E-state index contributed by atoms with van der Waals surface area (Å²) >= 11 is 0. The first-order valence-electron chi connectivity index (χ1n) is 10.9. The Hall–Kier alpha value is -4.30. The SMILES string of the molecule is C=C/C=C(\C=C)n1c2ccccc2c2c3c4cccc5c6ccccc6n(c3ccc21)c54. The summed E-state index contributed by atoms with van der Waals surface area (Å²) < 4.78 is 4.74. The average Bonchev–Trinajstić information content (AvgIpc) is 3.47. The Morgan fingerprint density at radius 2 is 1.25 bits per heavy atom. The Balaban J connectivity index is 1.81. The molecule has 0 aliphatic rings. The maximum atomic E-state index is 4.07. The van der Waals surface area contributed by atoms with E-state index < -0.39 is 0 Å². The molecule has 2 nitrogen and oxygen atoms in total. The van der Waals surface area contributed by atoms with Crippen LogP contribution in [-0.2, 0) is 0 Å². The summed E-state index contributed by atoms with van der Waals surface area (Å²) in [5.41, 5.74) is 7.20. The van der Waals surface area contributed by atoms with E-state index in [1.807, 2.05) is 18.2 Å². The van der Waals surface area contributed by atoms with Gasteiger partial charge in [-0.2, -0.15) is 0 Å². The second-order valence-corrected chi connectivity index (χ2v) is 8.29. The highest BCUT2D eigenvalue weighted by atomic mass is 15.0. The molecule has 2 heteroatoms. The summed E-state index contributed by atoms with van der Waals surface area (Å²) in [7, 11) is 0. The largest absolute Gasteiger partial charge is 0.309 e. The number of benzene rings is 4. The number of hydrogen-bond donors (Lipinski definition) is 0. The van der Waals surface area contributed by atoms with Gasteiger partial charge in [-0.3, -0.25) is 0 Å². The summed E-state index contributed by atoms with van der Waals surface area (Å²) in [5, 5.41) is 7.77. The van der Waals surface area contributed by atoms with Crippen LogP contribution in [0.15, 0.2) is 110 Å². The molecule has 0 amide bonds. The van der Waals surface area contributed by atoms with Gasteiger partial charge in [-0.25, -0.2) is 0 Å². The Kier molecular flexibility index (Phi) is 3.32. The van der Waals surface area contributed by atoms with E-state index in [9.17, 15) is 0 Å². The lowest BCUT2D eigenvalue weighted by molar-refractivity contribution is 1.24. The van der Waals surface area contributed by atoms with Gasteiger partial charge in [0.25, 0.3) is 0 Å². The smallest absolute Gasteiger partial charge is 0.0620 e. The van der Waals surface area contributed by atoms with Gasteiger partial charge in [-0.05, 0) is 36.4 Å². The molecule has 0 saturated heterocycles. The number of hydrogen-bond acceptors (Lipinski definition) is 0. The summed E-state index contributed by atoms with van der Waals surface area (Å²) in [5.74, 6) is 0. The Morgan fingerprint density at radius 1 is 0.594 bits per heavy atom. The van der Waals surface area contributed by atoms with Crippen LogP contribution in [0.2, 0.25) is 0 Å². The molecule has 32 heavy (non-hydrogen) atoms. The van der Waals surface area contributed by atoms with Crippen LogP contribution in [0, 0.1) is 0 Å². The van der Waals surface area contributed by atoms with E-state index in [1.165, 1.54) is 59.9 Å². The van der Waals surface area contributed by atoms with Gasteiger partial charge in [0.2, 0.25) is 0 Å². The van der Waals surface area contributed by atoms with E-state index in [2.05, 4.69) is 101 Å². The van der Waals surface area contributed by atoms with Crippen LogP contribution in [-0.4, -0.2) is 8.97 Å². The summed E-state index contributed by atoms with van der Waals surface area (Å²) in [6.45, 7) is 7.98. The second kappa shape index (κ2) is 6.12. The van der Waals surface area contributed by atoms with Crippen molar-refractivity contribution in [1.29, 1.82) is 0 Å². The molecule has 4 aromatic carbocycles. The van der Waals surface area contributed by atoms with Crippen LogP contribution < -0.4 is 0 Å². The molecule has 0 aliphatic carbocycles. The van der Waals surface area contributed by atoms with Crippen molar-refractivity contribution in [2.75, 3.05) is 0 Å². The third kappa shape index (κ3) is 1.95. The zero-order chi connectivity index (χ0) is 21.4. The van der Waals surface area contributed by atoms with Crippen molar-refractivity contribution in [3.63, 3.8) is 0 Å². The molecule has 7 aromatic rings. The van der Waals surface area contributed by atoms with Gasteiger partial charge < -0.3 is 8.97 Å². The molecule has 0 N–H and O–H groups in total. The highest BCUT2D eigenvalue weighted by molar-refractivity contribution is 6.33. The van der Waals surface area contributed by atoms with Gasteiger partial charge in [0.15, 0.2) is 0 Å². The predicted octanol–water partition coefficient (Wildman–Crippen LogP) is 8.16. The number of fused-ring (bicyclic) bond motifs is 10. The van der Waals surface area contributed by atoms with Crippen LogP contribution in [0.1, 0.15) is 0 Å². The van der Waals surface area contributed by atoms with Gasteiger partial charge in [-0.1, -0.05) is 73.8 Å². The minimum atomic E-state index is 1.02. The minimum absolute atomic E-state index is 1.02.